The van der Waals surface area contributed by atoms with E-state index in [-0.39, 0.29) is 5.91 Å². The zero-order valence-corrected chi connectivity index (χ0v) is 15.4. The molecule has 0 saturated heterocycles. The molecule has 1 amide bonds. The fraction of sp³-hybridized carbons (Fsp3) is 0.312. The summed E-state index contributed by atoms with van der Waals surface area (Å²) in [6.45, 7) is 1.01. The molecule has 23 heavy (non-hydrogen) atoms. The largest absolute Gasteiger partial charge is 0.486 e. The molecule has 0 fully saturated rings. The van der Waals surface area contributed by atoms with E-state index >= 15 is 0 Å². The molecule has 0 atom stereocenters. The van der Waals surface area contributed by atoms with Gasteiger partial charge >= 0.3 is 0 Å². The standard InChI is InChI=1S/C16H15BrClNO3S/c17-15-5-4-10(23-15)2-1-3-16(20)19-12-9-14-13(8-11(12)18)21-6-7-22-14/h4-5,8-9H,1-3,6-7H2,(H,19,20). The van der Waals surface area contributed by atoms with E-state index in [0.717, 1.165) is 16.6 Å². The summed E-state index contributed by atoms with van der Waals surface area (Å²) in [7, 11) is 0. The Balaban J connectivity index is 1.55. The van der Waals surface area contributed by atoms with Gasteiger partial charge in [0.05, 0.1) is 14.5 Å². The van der Waals surface area contributed by atoms with Crippen LogP contribution in [0.15, 0.2) is 28.1 Å². The van der Waals surface area contributed by atoms with Crippen LogP contribution in [0.5, 0.6) is 11.5 Å². The predicted molar refractivity (Wildman–Crippen MR) is 96.0 cm³/mol. The number of fused-ring (bicyclic) bond motifs is 1. The van der Waals surface area contributed by atoms with E-state index in [2.05, 4.69) is 27.3 Å². The summed E-state index contributed by atoms with van der Waals surface area (Å²) in [5, 5.41) is 3.29. The lowest BCUT2D eigenvalue weighted by Gasteiger charge is -2.20. The summed E-state index contributed by atoms with van der Waals surface area (Å²) in [5.41, 5.74) is 0.555. The number of hydrogen-bond acceptors (Lipinski definition) is 4. The Kier molecular flexibility index (Phi) is 5.46. The quantitative estimate of drug-likeness (QED) is 0.754. The Hall–Kier alpha value is -1.24. The second-order valence-corrected chi connectivity index (χ2v) is 8.04. The minimum atomic E-state index is -0.0563. The van der Waals surface area contributed by atoms with Gasteiger partial charge in [-0.05, 0) is 40.9 Å². The van der Waals surface area contributed by atoms with Crippen molar-refractivity contribution in [1.29, 1.82) is 0 Å². The van der Waals surface area contributed by atoms with Crippen LogP contribution >= 0.6 is 38.9 Å². The van der Waals surface area contributed by atoms with Crippen molar-refractivity contribution in [1.82, 2.24) is 0 Å². The van der Waals surface area contributed by atoms with Gasteiger partial charge in [0.2, 0.25) is 5.91 Å². The molecule has 1 aromatic heterocycles. The van der Waals surface area contributed by atoms with Crippen molar-refractivity contribution >= 4 is 50.5 Å². The lowest BCUT2D eigenvalue weighted by atomic mass is 10.2. The van der Waals surface area contributed by atoms with Crippen molar-refractivity contribution in [3.8, 4) is 11.5 Å². The Bertz CT molecular complexity index is 719. The van der Waals surface area contributed by atoms with Gasteiger partial charge in [0, 0.05) is 23.4 Å². The minimum absolute atomic E-state index is 0.0563. The number of ether oxygens (including phenoxy) is 2. The first kappa shape index (κ1) is 16.6. The van der Waals surface area contributed by atoms with Gasteiger partial charge in [0.25, 0.3) is 0 Å². The maximum Gasteiger partial charge on any atom is 0.224 e. The Morgan fingerprint density at radius 3 is 2.70 bits per heavy atom. The highest BCUT2D eigenvalue weighted by Crippen LogP contribution is 2.38. The smallest absolute Gasteiger partial charge is 0.224 e. The van der Waals surface area contributed by atoms with E-state index in [1.54, 1.807) is 23.5 Å². The van der Waals surface area contributed by atoms with Crippen molar-refractivity contribution in [2.45, 2.75) is 19.3 Å². The summed E-state index contributed by atoms with van der Waals surface area (Å²) in [6, 6.07) is 7.49. The van der Waals surface area contributed by atoms with Gasteiger partial charge in [0.15, 0.2) is 11.5 Å². The van der Waals surface area contributed by atoms with Crippen LogP contribution in [0, 0.1) is 0 Å². The van der Waals surface area contributed by atoms with Crippen LogP contribution in [0.4, 0.5) is 5.69 Å². The van der Waals surface area contributed by atoms with Crippen LogP contribution in [0.25, 0.3) is 0 Å². The number of benzene rings is 1. The molecule has 0 saturated carbocycles. The Morgan fingerprint density at radius 1 is 1.26 bits per heavy atom. The van der Waals surface area contributed by atoms with Crippen molar-refractivity contribution in [2.24, 2.45) is 0 Å². The number of anilines is 1. The molecule has 0 aliphatic carbocycles. The van der Waals surface area contributed by atoms with E-state index in [0.29, 0.717) is 41.8 Å². The highest BCUT2D eigenvalue weighted by Gasteiger charge is 2.16. The molecule has 0 bridgehead atoms. The molecule has 1 aromatic carbocycles. The van der Waals surface area contributed by atoms with Crippen molar-refractivity contribution < 1.29 is 14.3 Å². The lowest BCUT2D eigenvalue weighted by molar-refractivity contribution is -0.116. The monoisotopic (exact) mass is 415 g/mol. The minimum Gasteiger partial charge on any atom is -0.486 e. The molecule has 122 valence electrons. The number of nitrogens with one attached hydrogen (secondary N) is 1. The number of halogens is 2. The van der Waals surface area contributed by atoms with Crippen LogP contribution in [0.3, 0.4) is 0 Å². The van der Waals surface area contributed by atoms with Crippen LogP contribution in [-0.4, -0.2) is 19.1 Å². The Morgan fingerprint density at radius 2 is 2.00 bits per heavy atom. The van der Waals surface area contributed by atoms with Gasteiger partial charge in [-0.2, -0.15) is 0 Å². The first-order valence-electron chi connectivity index (χ1n) is 7.25. The zero-order chi connectivity index (χ0) is 16.2. The van der Waals surface area contributed by atoms with Gasteiger partial charge in [-0.25, -0.2) is 0 Å². The average Bonchev–Trinajstić information content (AvgIpc) is 2.93. The van der Waals surface area contributed by atoms with Gasteiger partial charge in [-0.3, -0.25) is 4.79 Å². The number of thiophene rings is 1. The second kappa shape index (κ2) is 7.55. The van der Waals surface area contributed by atoms with E-state index in [1.165, 1.54) is 4.88 Å². The molecule has 0 radical (unpaired) electrons. The number of carbonyl (C=O) groups excluding carboxylic acids is 1. The van der Waals surface area contributed by atoms with Gasteiger partial charge in [-0.1, -0.05) is 11.6 Å². The van der Waals surface area contributed by atoms with E-state index < -0.39 is 0 Å². The third kappa shape index (κ3) is 4.40. The molecular formula is C16H15BrClNO3S. The molecule has 4 nitrogen and oxygen atoms in total. The molecule has 7 heteroatoms. The fourth-order valence-electron chi connectivity index (χ4n) is 2.28. The molecule has 1 N–H and O–H groups in total. The van der Waals surface area contributed by atoms with Gasteiger partial charge in [0.1, 0.15) is 13.2 Å². The maximum absolute atomic E-state index is 12.1. The third-order valence-electron chi connectivity index (χ3n) is 3.36. The van der Waals surface area contributed by atoms with Crippen LogP contribution < -0.4 is 14.8 Å². The van der Waals surface area contributed by atoms with Gasteiger partial charge < -0.3 is 14.8 Å². The third-order valence-corrected chi connectivity index (χ3v) is 5.36. The summed E-state index contributed by atoms with van der Waals surface area (Å²) in [4.78, 5) is 13.3. The maximum atomic E-state index is 12.1. The van der Waals surface area contributed by atoms with Crippen molar-refractivity contribution in [3.63, 3.8) is 0 Å². The predicted octanol–water partition coefficient (Wildman–Crippen LogP) is 4.90. The SMILES string of the molecule is O=C(CCCc1ccc(Br)s1)Nc1cc2c(cc1Cl)OCCO2. The molecule has 1 aliphatic heterocycles. The molecule has 3 rings (SSSR count). The molecule has 2 heterocycles. The van der Waals surface area contributed by atoms with Crippen LogP contribution in [-0.2, 0) is 11.2 Å². The zero-order valence-electron chi connectivity index (χ0n) is 12.2. The fourth-order valence-corrected chi connectivity index (χ4v) is 4.01. The molecule has 0 unspecified atom stereocenters. The summed E-state index contributed by atoms with van der Waals surface area (Å²) < 4.78 is 12.1. The lowest BCUT2D eigenvalue weighted by Crippen LogP contribution is -2.16. The van der Waals surface area contributed by atoms with Crippen LogP contribution in [0.1, 0.15) is 17.7 Å². The molecule has 0 spiro atoms. The van der Waals surface area contributed by atoms with E-state index in [1.807, 2.05) is 6.07 Å². The molecule has 2 aromatic rings. The number of rotatable bonds is 5. The summed E-state index contributed by atoms with van der Waals surface area (Å²) in [6.07, 6.45) is 2.12. The van der Waals surface area contributed by atoms with Crippen molar-refractivity contribution in [3.05, 3.63) is 38.0 Å². The highest BCUT2D eigenvalue weighted by atomic mass is 79.9. The normalized spacial score (nSPS) is 13.0. The molecule has 1 aliphatic rings. The first-order valence-corrected chi connectivity index (χ1v) is 9.24. The second-order valence-electron chi connectivity index (χ2n) is 5.08. The summed E-state index contributed by atoms with van der Waals surface area (Å²) >= 11 is 11.3. The highest BCUT2D eigenvalue weighted by molar-refractivity contribution is 9.11. The topological polar surface area (TPSA) is 47.6 Å². The van der Waals surface area contributed by atoms with E-state index in [4.69, 9.17) is 21.1 Å². The number of hydrogen-bond donors (Lipinski definition) is 1. The van der Waals surface area contributed by atoms with E-state index in [9.17, 15) is 4.79 Å². The average molecular weight is 417 g/mol. The van der Waals surface area contributed by atoms with Crippen LogP contribution in [0.2, 0.25) is 5.02 Å². The molecular weight excluding hydrogens is 402 g/mol. The van der Waals surface area contributed by atoms with Crippen molar-refractivity contribution in [2.75, 3.05) is 18.5 Å². The first-order chi connectivity index (χ1) is 11.1. The number of aryl methyl sites for hydroxylation is 1. The Labute approximate surface area is 151 Å². The number of amides is 1. The summed E-state index contributed by atoms with van der Waals surface area (Å²) in [5.74, 6) is 1.17. The van der Waals surface area contributed by atoms with Gasteiger partial charge in [-0.15, -0.1) is 11.3 Å². The number of carbonyl (C=O) groups is 1.